The van der Waals surface area contributed by atoms with Crippen molar-refractivity contribution in [1.29, 1.82) is 0 Å². The van der Waals surface area contributed by atoms with E-state index in [9.17, 15) is 0 Å². The predicted molar refractivity (Wildman–Crippen MR) is 144 cm³/mol. The quantitative estimate of drug-likeness (QED) is 0.108. The Morgan fingerprint density at radius 2 is 1.39 bits per heavy atom. The lowest BCUT2D eigenvalue weighted by Gasteiger charge is -2.10. The molecule has 0 spiro atoms. The van der Waals surface area contributed by atoms with Crippen molar-refractivity contribution in [3.8, 4) is 0 Å². The normalized spacial score (nSPS) is 11.5. The number of aromatic nitrogens is 2. The molecular formula is C29H45N4+. The molecule has 3 N–H and O–H groups in total. The van der Waals surface area contributed by atoms with Crippen LogP contribution in [0.15, 0.2) is 30.3 Å². The van der Waals surface area contributed by atoms with Gasteiger partial charge in [0.15, 0.2) is 0 Å². The molecule has 0 radical (unpaired) electrons. The molecule has 1 aromatic heterocycles. The van der Waals surface area contributed by atoms with E-state index in [1.165, 1.54) is 93.8 Å². The van der Waals surface area contributed by atoms with Crippen molar-refractivity contribution in [2.24, 2.45) is 0 Å². The highest BCUT2D eigenvalue weighted by Crippen LogP contribution is 2.23. The zero-order valence-corrected chi connectivity index (χ0v) is 21.3. The molecular weight excluding hydrogens is 404 g/mol. The van der Waals surface area contributed by atoms with E-state index in [1.807, 2.05) is 6.07 Å². The van der Waals surface area contributed by atoms with Crippen LogP contribution in [0.3, 0.4) is 0 Å². The van der Waals surface area contributed by atoms with Crippen molar-refractivity contribution < 1.29 is 4.57 Å². The fourth-order valence-corrected chi connectivity index (χ4v) is 4.64. The van der Waals surface area contributed by atoms with E-state index in [4.69, 9.17) is 10.7 Å². The van der Waals surface area contributed by atoms with Crippen LogP contribution < -0.4 is 15.6 Å². The lowest BCUT2D eigenvalue weighted by molar-refractivity contribution is -0.646. The number of rotatable bonds is 15. The van der Waals surface area contributed by atoms with Gasteiger partial charge in [0.1, 0.15) is 17.6 Å². The predicted octanol–water partition coefficient (Wildman–Crippen LogP) is 7.70. The molecule has 33 heavy (non-hydrogen) atoms. The van der Waals surface area contributed by atoms with E-state index in [-0.39, 0.29) is 0 Å². The number of hydrogen-bond donors (Lipinski definition) is 2. The summed E-state index contributed by atoms with van der Waals surface area (Å²) >= 11 is 0. The number of nitrogens with zero attached hydrogens (tertiary/aromatic N) is 2. The summed E-state index contributed by atoms with van der Waals surface area (Å²) in [6.45, 7) is 8.69. The molecule has 0 aliphatic heterocycles. The van der Waals surface area contributed by atoms with Crippen LogP contribution in [0.25, 0.3) is 22.1 Å². The molecule has 4 nitrogen and oxygen atoms in total. The van der Waals surface area contributed by atoms with Crippen molar-refractivity contribution in [1.82, 2.24) is 4.98 Å². The molecule has 4 heteroatoms. The average molecular weight is 450 g/mol. The Balaban J connectivity index is 1.77. The smallest absolute Gasteiger partial charge is 0.233 e. The first-order chi connectivity index (χ1) is 16.1. The number of nitrogens with one attached hydrogen (secondary N) is 1. The maximum Gasteiger partial charge on any atom is 0.233 e. The van der Waals surface area contributed by atoms with Crippen LogP contribution in [-0.2, 0) is 6.54 Å². The molecule has 0 amide bonds. The van der Waals surface area contributed by atoms with Crippen LogP contribution >= 0.6 is 0 Å². The molecule has 3 aromatic rings. The standard InChI is InChI=1S/C29H44N4/c1-4-6-8-10-12-14-18-31-24-16-17-26-29(21-24)33(19-15-13-11-9-7-5-2)28-20-23(3)25(30)22-27(28)32-26/h16-17,20-22H,4-15,18-19,30H2,1-3H3/p+1. The first-order valence-corrected chi connectivity index (χ1v) is 13.4. The minimum absolute atomic E-state index is 0.817. The third-order valence-corrected chi connectivity index (χ3v) is 6.76. The maximum absolute atomic E-state index is 6.22. The topological polar surface area (TPSA) is 54.8 Å². The zero-order valence-electron chi connectivity index (χ0n) is 21.3. The first kappa shape index (κ1) is 25.3. The van der Waals surface area contributed by atoms with Gasteiger partial charge in [0.05, 0.1) is 0 Å². The molecule has 0 saturated carbocycles. The lowest BCUT2D eigenvalue weighted by atomic mass is 10.1. The van der Waals surface area contributed by atoms with Crippen LogP contribution in [-0.4, -0.2) is 11.5 Å². The van der Waals surface area contributed by atoms with Gasteiger partial charge in [0.2, 0.25) is 11.0 Å². The second kappa shape index (κ2) is 13.4. The van der Waals surface area contributed by atoms with Gasteiger partial charge in [-0.25, -0.2) is 4.98 Å². The third kappa shape index (κ3) is 7.31. The second-order valence-corrected chi connectivity index (χ2v) is 9.63. The van der Waals surface area contributed by atoms with E-state index < -0.39 is 0 Å². The Labute approximate surface area is 201 Å². The largest absolute Gasteiger partial charge is 0.398 e. The molecule has 2 aromatic carbocycles. The SMILES string of the molecule is CCCCCCCCNc1ccc2nc3cc(N)c(C)cc3[n+](CCCCCCCC)c2c1. The Kier molecular flexibility index (Phi) is 10.2. The fraction of sp³-hybridized carbons (Fsp3) is 0.586. The zero-order chi connectivity index (χ0) is 23.5. The summed E-state index contributed by atoms with van der Waals surface area (Å²) < 4.78 is 2.47. The number of hydrogen-bond acceptors (Lipinski definition) is 3. The van der Waals surface area contributed by atoms with Crippen molar-refractivity contribution in [3.63, 3.8) is 0 Å². The summed E-state index contributed by atoms with van der Waals surface area (Å²) in [6.07, 6.45) is 15.7. The van der Waals surface area contributed by atoms with Crippen molar-refractivity contribution >= 4 is 33.4 Å². The van der Waals surface area contributed by atoms with Crippen molar-refractivity contribution in [2.45, 2.75) is 104 Å². The molecule has 3 rings (SSSR count). The number of fused-ring (bicyclic) bond motifs is 2. The number of nitrogens with two attached hydrogens (primary N) is 1. The summed E-state index contributed by atoms with van der Waals surface area (Å²) in [5.74, 6) is 0. The minimum atomic E-state index is 0.817. The van der Waals surface area contributed by atoms with Gasteiger partial charge in [0, 0.05) is 36.5 Å². The van der Waals surface area contributed by atoms with Gasteiger partial charge in [-0.3, -0.25) is 0 Å². The van der Waals surface area contributed by atoms with Crippen LogP contribution in [0.5, 0.6) is 0 Å². The van der Waals surface area contributed by atoms with Gasteiger partial charge in [-0.1, -0.05) is 71.6 Å². The van der Waals surface area contributed by atoms with Gasteiger partial charge >= 0.3 is 0 Å². The van der Waals surface area contributed by atoms with Crippen molar-refractivity contribution in [2.75, 3.05) is 17.6 Å². The van der Waals surface area contributed by atoms with Gasteiger partial charge in [0.25, 0.3) is 0 Å². The number of anilines is 2. The number of benzene rings is 2. The molecule has 0 atom stereocenters. The highest BCUT2D eigenvalue weighted by Gasteiger charge is 2.18. The van der Waals surface area contributed by atoms with E-state index >= 15 is 0 Å². The highest BCUT2D eigenvalue weighted by molar-refractivity contribution is 5.85. The molecule has 0 aliphatic carbocycles. The molecule has 0 unspecified atom stereocenters. The van der Waals surface area contributed by atoms with Gasteiger partial charge in [-0.2, -0.15) is 4.57 Å². The Hall–Kier alpha value is -2.36. The monoisotopic (exact) mass is 449 g/mol. The van der Waals surface area contributed by atoms with Gasteiger partial charge < -0.3 is 11.1 Å². The lowest BCUT2D eigenvalue weighted by Crippen LogP contribution is -2.36. The number of aryl methyl sites for hydroxylation is 2. The van der Waals surface area contributed by atoms with E-state index in [2.05, 4.69) is 54.9 Å². The van der Waals surface area contributed by atoms with E-state index in [0.717, 1.165) is 35.4 Å². The fourth-order valence-electron chi connectivity index (χ4n) is 4.64. The van der Waals surface area contributed by atoms with Gasteiger partial charge in [-0.05, 0) is 43.5 Å². The summed E-state index contributed by atoms with van der Waals surface area (Å²) in [6, 6.07) is 10.9. The van der Waals surface area contributed by atoms with E-state index in [1.54, 1.807) is 0 Å². The summed E-state index contributed by atoms with van der Waals surface area (Å²) in [5, 5.41) is 3.65. The average Bonchev–Trinajstić information content (AvgIpc) is 2.81. The van der Waals surface area contributed by atoms with Crippen molar-refractivity contribution in [3.05, 3.63) is 35.9 Å². The molecule has 0 aliphatic rings. The summed E-state index contributed by atoms with van der Waals surface area (Å²) in [5.41, 5.74) is 13.8. The maximum atomic E-state index is 6.22. The van der Waals surface area contributed by atoms with Crippen LogP contribution in [0.2, 0.25) is 0 Å². The molecule has 0 saturated heterocycles. The molecule has 1 heterocycles. The number of unbranched alkanes of at least 4 members (excludes halogenated alkanes) is 10. The summed E-state index contributed by atoms with van der Waals surface area (Å²) in [4.78, 5) is 4.96. The van der Waals surface area contributed by atoms with E-state index in [0.29, 0.717) is 0 Å². The first-order valence-electron chi connectivity index (χ1n) is 13.4. The minimum Gasteiger partial charge on any atom is -0.398 e. The Morgan fingerprint density at radius 3 is 2.12 bits per heavy atom. The highest BCUT2D eigenvalue weighted by atomic mass is 15.0. The molecule has 0 bridgehead atoms. The van der Waals surface area contributed by atoms with Crippen LogP contribution in [0, 0.1) is 6.92 Å². The van der Waals surface area contributed by atoms with Crippen LogP contribution in [0.1, 0.15) is 96.5 Å². The van der Waals surface area contributed by atoms with Crippen LogP contribution in [0.4, 0.5) is 11.4 Å². The molecule has 180 valence electrons. The summed E-state index contributed by atoms with van der Waals surface area (Å²) in [7, 11) is 0. The Morgan fingerprint density at radius 1 is 0.758 bits per heavy atom. The number of nitrogen functional groups attached to an aromatic ring is 1. The Bertz CT molecular complexity index is 1010. The third-order valence-electron chi connectivity index (χ3n) is 6.76. The second-order valence-electron chi connectivity index (χ2n) is 9.63. The molecule has 0 fully saturated rings. The van der Waals surface area contributed by atoms with Gasteiger partial charge in [-0.15, -0.1) is 0 Å².